The van der Waals surface area contributed by atoms with Crippen molar-refractivity contribution in [2.24, 2.45) is 0 Å². The molecule has 0 spiro atoms. The van der Waals surface area contributed by atoms with Gasteiger partial charge in [0, 0.05) is 38.6 Å². The number of fused-ring (bicyclic) bond motifs is 7. The quantitative estimate of drug-likeness (QED) is 0.145. The summed E-state index contributed by atoms with van der Waals surface area (Å²) in [5, 5.41) is 12.7. The van der Waals surface area contributed by atoms with Crippen molar-refractivity contribution in [3.05, 3.63) is 235 Å². The Kier molecular flexibility index (Phi) is 11.1. The van der Waals surface area contributed by atoms with Gasteiger partial charge in [-0.05, 0) is 134 Å². The highest BCUT2D eigenvalue weighted by Gasteiger charge is 2.26. The molecule has 2 aliphatic rings. The zero-order valence-electron chi connectivity index (χ0n) is 39.4. The molecule has 10 aromatic carbocycles. The third-order valence-corrected chi connectivity index (χ3v) is 14.0. The van der Waals surface area contributed by atoms with Crippen LogP contribution in [0.1, 0.15) is 46.0 Å². The van der Waals surface area contributed by atoms with Crippen LogP contribution in [0.4, 0.5) is 11.4 Å². The summed E-state index contributed by atoms with van der Waals surface area (Å²) in [5.74, 6) is 0. The zero-order valence-corrected chi connectivity index (χ0v) is 39.4. The van der Waals surface area contributed by atoms with E-state index < -0.39 is 0 Å². The number of anilines is 2. The van der Waals surface area contributed by atoms with Crippen LogP contribution in [-0.2, 0) is 0 Å². The van der Waals surface area contributed by atoms with Gasteiger partial charge in [0.25, 0.3) is 0 Å². The van der Waals surface area contributed by atoms with Crippen molar-refractivity contribution in [3.8, 4) is 39.1 Å². The molecule has 0 saturated carbocycles. The predicted molar refractivity (Wildman–Crippen MR) is 298 cm³/mol. The number of benzene rings is 10. The molecule has 0 aliphatic heterocycles. The van der Waals surface area contributed by atoms with E-state index in [1.54, 1.807) is 0 Å². The molecule has 0 saturated heterocycles. The van der Waals surface area contributed by atoms with E-state index in [1.165, 1.54) is 116 Å². The van der Waals surface area contributed by atoms with Crippen LogP contribution in [0, 0.1) is 0 Å². The standard InChI is InChI=1S/C64H46N2.C3H8/c1-3-19-43(20-4-1)44-35-37-45(38-36-44)61-51-25-7-9-27-53(51)62(54-28-10-8-26-52(54)61)63-55-29-11-13-31-57(55)64(58-32-14-12-30-56(58)63)65(46-21-5-2-6-22-46)47-39-41-48(42-40-47)66-59-33-17-15-23-49(59)50-24-16-18-34-60(50)66;1-3-2/h1,3-5,7,9,11-42H,2,6,8,10H2;3H2,1-2H3. The molecule has 0 radical (unpaired) electrons. The molecule has 2 nitrogen and oxygen atoms in total. The molecule has 1 heterocycles. The molecule has 11 aromatic rings. The predicted octanol–water partition coefficient (Wildman–Crippen LogP) is 17.4. The van der Waals surface area contributed by atoms with Gasteiger partial charge in [-0.15, -0.1) is 0 Å². The summed E-state index contributed by atoms with van der Waals surface area (Å²) in [6.07, 6.45) is 17.4. The van der Waals surface area contributed by atoms with E-state index in [0.717, 1.165) is 37.1 Å². The maximum absolute atomic E-state index is 2.52. The Morgan fingerprint density at radius 2 is 0.812 bits per heavy atom. The van der Waals surface area contributed by atoms with Crippen LogP contribution in [0.25, 0.3) is 105 Å². The first kappa shape index (κ1) is 42.2. The van der Waals surface area contributed by atoms with Crippen LogP contribution in [0.2, 0.25) is 0 Å². The lowest BCUT2D eigenvalue weighted by Crippen LogP contribution is -2.31. The molecule has 0 bridgehead atoms. The minimum Gasteiger partial charge on any atom is -0.310 e. The van der Waals surface area contributed by atoms with E-state index in [0.29, 0.717) is 0 Å². The smallest absolute Gasteiger partial charge is 0.0618 e. The van der Waals surface area contributed by atoms with Crippen molar-refractivity contribution in [1.82, 2.24) is 4.57 Å². The largest absolute Gasteiger partial charge is 0.310 e. The summed E-state index contributed by atoms with van der Waals surface area (Å²) in [5.41, 5.74) is 14.8. The number of allylic oxidation sites excluding steroid dienone is 3. The fraction of sp³-hybridized carbons (Fsp3) is 0.104. The van der Waals surface area contributed by atoms with Gasteiger partial charge >= 0.3 is 0 Å². The maximum atomic E-state index is 2.52. The molecular formula is C67H54N2. The van der Waals surface area contributed by atoms with Crippen molar-refractivity contribution in [3.63, 3.8) is 0 Å². The molecule has 0 fully saturated rings. The van der Waals surface area contributed by atoms with E-state index in [-0.39, 0.29) is 0 Å². The van der Waals surface area contributed by atoms with Crippen LogP contribution >= 0.6 is 0 Å². The average Bonchev–Trinajstić information content (AvgIpc) is 3.76. The Hall–Kier alpha value is -8.20. The summed E-state index contributed by atoms with van der Waals surface area (Å²) in [6.45, 7) is 4.25. The van der Waals surface area contributed by atoms with Crippen LogP contribution in [0.3, 0.4) is 0 Å². The van der Waals surface area contributed by atoms with Gasteiger partial charge in [-0.2, -0.15) is 0 Å². The Morgan fingerprint density at radius 1 is 0.377 bits per heavy atom. The monoisotopic (exact) mass is 886 g/mol. The molecule has 1 aromatic heterocycles. The lowest BCUT2D eigenvalue weighted by Gasteiger charge is -2.31. The zero-order chi connectivity index (χ0) is 46.3. The van der Waals surface area contributed by atoms with Gasteiger partial charge in [-0.3, -0.25) is 0 Å². The lowest BCUT2D eigenvalue weighted by molar-refractivity contribution is 0.999. The number of hydrogen-bond acceptors (Lipinski definition) is 1. The van der Waals surface area contributed by atoms with Gasteiger partial charge in [0.2, 0.25) is 0 Å². The number of para-hydroxylation sites is 2. The number of hydrogen-bond donors (Lipinski definition) is 0. The third-order valence-electron chi connectivity index (χ3n) is 14.0. The first-order valence-electron chi connectivity index (χ1n) is 24.8. The maximum Gasteiger partial charge on any atom is 0.0618 e. The highest BCUT2D eigenvalue weighted by Crippen LogP contribution is 2.48. The summed E-state index contributed by atoms with van der Waals surface area (Å²) < 4.78 is 2.41. The SMILES string of the molecule is C1=CC(N(c2ccc(-n3c4ccccc4c4ccccc43)cc2)c2c3ccccc3c(-c3c4c(c(-c5ccc(-c6ccccc6)cc5)c5ccccc35)=CCCC=4)c3ccccc23)=CCC1.CCC. The van der Waals surface area contributed by atoms with Gasteiger partial charge in [-0.1, -0.05) is 208 Å². The van der Waals surface area contributed by atoms with E-state index in [2.05, 4.69) is 254 Å². The average molecular weight is 887 g/mol. The second-order valence-corrected chi connectivity index (χ2v) is 18.4. The third kappa shape index (κ3) is 7.27. The second-order valence-electron chi connectivity index (χ2n) is 18.4. The van der Waals surface area contributed by atoms with Gasteiger partial charge < -0.3 is 9.47 Å². The Balaban J connectivity index is 0.00000160. The van der Waals surface area contributed by atoms with E-state index in [1.807, 2.05) is 0 Å². The summed E-state index contributed by atoms with van der Waals surface area (Å²) in [4.78, 5) is 2.52. The second kappa shape index (κ2) is 18.1. The van der Waals surface area contributed by atoms with Gasteiger partial charge in [-0.25, -0.2) is 0 Å². The van der Waals surface area contributed by atoms with Crippen LogP contribution in [-0.4, -0.2) is 4.57 Å². The van der Waals surface area contributed by atoms with E-state index >= 15 is 0 Å². The fourth-order valence-electron chi connectivity index (χ4n) is 11.1. The first-order chi connectivity index (χ1) is 34.2. The highest BCUT2D eigenvalue weighted by molar-refractivity contribution is 6.25. The Labute approximate surface area is 404 Å². The van der Waals surface area contributed by atoms with E-state index in [4.69, 9.17) is 0 Å². The number of nitrogens with zero attached hydrogens (tertiary/aromatic N) is 2. The molecular weight excluding hydrogens is 833 g/mol. The molecule has 332 valence electrons. The molecule has 2 heteroatoms. The fourth-order valence-corrected chi connectivity index (χ4v) is 11.1. The molecule has 0 atom stereocenters. The molecule has 0 amide bonds. The van der Waals surface area contributed by atoms with Crippen LogP contribution in [0.5, 0.6) is 0 Å². The van der Waals surface area contributed by atoms with Crippen molar-refractivity contribution in [1.29, 1.82) is 0 Å². The van der Waals surface area contributed by atoms with Gasteiger partial charge in [0.1, 0.15) is 0 Å². The topological polar surface area (TPSA) is 8.17 Å². The van der Waals surface area contributed by atoms with Crippen LogP contribution in [0.15, 0.2) is 224 Å². The van der Waals surface area contributed by atoms with Gasteiger partial charge in [0.15, 0.2) is 0 Å². The minimum absolute atomic E-state index is 1.00. The Morgan fingerprint density at radius 3 is 1.36 bits per heavy atom. The highest BCUT2D eigenvalue weighted by atomic mass is 15.2. The Bertz CT molecular complexity index is 3810. The first-order valence-corrected chi connectivity index (χ1v) is 24.8. The lowest BCUT2D eigenvalue weighted by atomic mass is 9.82. The molecule has 13 rings (SSSR count). The van der Waals surface area contributed by atoms with Crippen molar-refractivity contribution >= 4 is 77.7 Å². The summed E-state index contributed by atoms with van der Waals surface area (Å²) in [6, 6.07) is 74.1. The number of aromatic nitrogens is 1. The molecule has 0 N–H and O–H groups in total. The van der Waals surface area contributed by atoms with E-state index in [9.17, 15) is 0 Å². The van der Waals surface area contributed by atoms with Crippen molar-refractivity contribution in [2.75, 3.05) is 4.90 Å². The van der Waals surface area contributed by atoms with Crippen molar-refractivity contribution < 1.29 is 0 Å². The molecule has 69 heavy (non-hydrogen) atoms. The normalized spacial score (nSPS) is 13.2. The molecule has 2 aliphatic carbocycles. The van der Waals surface area contributed by atoms with Crippen LogP contribution < -0.4 is 15.3 Å². The van der Waals surface area contributed by atoms with Gasteiger partial charge in [0.05, 0.1) is 16.7 Å². The summed E-state index contributed by atoms with van der Waals surface area (Å²) >= 11 is 0. The van der Waals surface area contributed by atoms with Crippen molar-refractivity contribution in [2.45, 2.75) is 46.0 Å². The molecule has 0 unspecified atom stereocenters. The number of rotatable bonds is 7. The minimum atomic E-state index is 1.00. The summed E-state index contributed by atoms with van der Waals surface area (Å²) in [7, 11) is 0.